The maximum absolute atomic E-state index is 11.9. The number of hydrogen-bond donors (Lipinski definition) is 3. The van der Waals surface area contributed by atoms with Gasteiger partial charge in [0.2, 0.25) is 5.91 Å². The number of amides is 1. The molecule has 1 aromatic carbocycles. The molecular weight excluding hydrogens is 320 g/mol. The van der Waals surface area contributed by atoms with Crippen molar-refractivity contribution in [1.82, 2.24) is 19.8 Å². The minimum absolute atomic E-state index is 0.00473. The van der Waals surface area contributed by atoms with Crippen LogP contribution in [0.5, 0.6) is 11.5 Å². The number of aromatic nitrogens is 2. The van der Waals surface area contributed by atoms with Gasteiger partial charge in [0.1, 0.15) is 6.54 Å². The Morgan fingerprint density at radius 3 is 2.80 bits per heavy atom. The number of nitrogens with one attached hydrogen (secondary N) is 1. The Hall–Kier alpha value is -2.54. The van der Waals surface area contributed by atoms with Crippen molar-refractivity contribution in [3.05, 3.63) is 42.5 Å². The number of phenols is 2. The van der Waals surface area contributed by atoms with E-state index in [2.05, 4.69) is 15.2 Å². The summed E-state index contributed by atoms with van der Waals surface area (Å²) in [4.78, 5) is 18.1. The van der Waals surface area contributed by atoms with E-state index in [0.29, 0.717) is 25.6 Å². The molecule has 0 bridgehead atoms. The molecule has 0 unspecified atom stereocenters. The van der Waals surface area contributed by atoms with Crippen LogP contribution in [0.3, 0.4) is 0 Å². The fraction of sp³-hybridized carbons (Fsp3) is 0.444. The first-order valence-electron chi connectivity index (χ1n) is 8.56. The Kier molecular flexibility index (Phi) is 5.55. The summed E-state index contributed by atoms with van der Waals surface area (Å²) in [7, 11) is 0. The molecule has 0 spiro atoms. The third-order valence-electron chi connectivity index (χ3n) is 4.67. The summed E-state index contributed by atoms with van der Waals surface area (Å²) in [5.41, 5.74) is 0.743. The smallest absolute Gasteiger partial charge is 0.239 e. The summed E-state index contributed by atoms with van der Waals surface area (Å²) in [5.74, 6) is 0.371. The number of hydrogen-bond acceptors (Lipinski definition) is 5. The quantitative estimate of drug-likeness (QED) is 0.688. The van der Waals surface area contributed by atoms with Gasteiger partial charge < -0.3 is 20.1 Å². The predicted molar refractivity (Wildman–Crippen MR) is 93.0 cm³/mol. The second-order valence-electron chi connectivity index (χ2n) is 6.54. The van der Waals surface area contributed by atoms with Crippen LogP contribution >= 0.6 is 0 Å². The van der Waals surface area contributed by atoms with E-state index in [1.54, 1.807) is 29.4 Å². The molecule has 0 saturated carbocycles. The van der Waals surface area contributed by atoms with Crippen molar-refractivity contribution in [1.29, 1.82) is 0 Å². The number of imidazole rings is 1. The Bertz CT molecular complexity index is 694. The summed E-state index contributed by atoms with van der Waals surface area (Å²) < 4.78 is 1.75. The first-order chi connectivity index (χ1) is 12.1. The van der Waals surface area contributed by atoms with Crippen molar-refractivity contribution in [3.8, 4) is 11.5 Å². The number of para-hydroxylation sites is 1. The van der Waals surface area contributed by atoms with Gasteiger partial charge >= 0.3 is 0 Å². The molecule has 1 aromatic heterocycles. The Labute approximate surface area is 146 Å². The van der Waals surface area contributed by atoms with Crippen LogP contribution in [0.4, 0.5) is 0 Å². The zero-order chi connectivity index (χ0) is 17.6. The predicted octanol–water partition coefficient (Wildman–Crippen LogP) is 1.32. The van der Waals surface area contributed by atoms with E-state index in [9.17, 15) is 15.0 Å². The molecule has 3 rings (SSSR count). The fourth-order valence-electron chi connectivity index (χ4n) is 3.16. The normalized spacial score (nSPS) is 16.0. The Balaban J connectivity index is 1.40. The molecule has 2 heterocycles. The van der Waals surface area contributed by atoms with E-state index < -0.39 is 0 Å². The van der Waals surface area contributed by atoms with Crippen molar-refractivity contribution in [2.24, 2.45) is 5.92 Å². The van der Waals surface area contributed by atoms with Gasteiger partial charge in [-0.1, -0.05) is 12.1 Å². The molecule has 134 valence electrons. The van der Waals surface area contributed by atoms with Crippen molar-refractivity contribution >= 4 is 5.91 Å². The number of likely N-dealkylation sites (tertiary alicyclic amines) is 1. The summed E-state index contributed by atoms with van der Waals surface area (Å²) in [5, 5.41) is 22.5. The van der Waals surface area contributed by atoms with Crippen LogP contribution in [0.2, 0.25) is 0 Å². The van der Waals surface area contributed by atoms with Crippen LogP contribution in [-0.4, -0.2) is 50.2 Å². The van der Waals surface area contributed by atoms with Crippen LogP contribution in [0, 0.1) is 5.92 Å². The first kappa shape index (κ1) is 17.3. The number of phenolic OH excluding ortho intramolecular Hbond substituents is 2. The largest absolute Gasteiger partial charge is 0.504 e. The molecule has 1 aliphatic rings. The highest BCUT2D eigenvalue weighted by Gasteiger charge is 2.21. The average Bonchev–Trinajstić information content (AvgIpc) is 3.11. The number of aromatic hydroxyl groups is 2. The molecule has 25 heavy (non-hydrogen) atoms. The molecule has 1 aliphatic heterocycles. The van der Waals surface area contributed by atoms with Gasteiger partial charge in [-0.2, -0.15) is 0 Å². The van der Waals surface area contributed by atoms with Gasteiger partial charge in [0.25, 0.3) is 0 Å². The maximum Gasteiger partial charge on any atom is 0.239 e. The van der Waals surface area contributed by atoms with E-state index in [4.69, 9.17) is 0 Å². The second-order valence-corrected chi connectivity index (χ2v) is 6.54. The molecule has 2 aromatic rings. The first-order valence-corrected chi connectivity index (χ1v) is 8.56. The number of nitrogens with zero attached hydrogens (tertiary/aromatic N) is 3. The van der Waals surface area contributed by atoms with E-state index in [1.165, 1.54) is 6.07 Å². The van der Waals surface area contributed by atoms with Gasteiger partial charge in [-0.3, -0.25) is 9.69 Å². The maximum atomic E-state index is 11.9. The van der Waals surface area contributed by atoms with E-state index in [0.717, 1.165) is 31.5 Å². The Morgan fingerprint density at radius 1 is 1.28 bits per heavy atom. The summed E-state index contributed by atoms with van der Waals surface area (Å²) in [6.07, 6.45) is 7.08. The molecule has 7 heteroatoms. The minimum atomic E-state index is -0.0759. The standard InChI is InChI=1S/C18H24N4O3/c23-16-3-1-2-15(18(16)25)11-21-7-4-14(5-8-21)10-20-17(24)12-22-9-6-19-13-22/h1-3,6,9,13-14,23,25H,4-5,7-8,10-12H2,(H,20,24). The molecule has 0 radical (unpaired) electrons. The number of benzene rings is 1. The average molecular weight is 344 g/mol. The molecule has 3 N–H and O–H groups in total. The van der Waals surface area contributed by atoms with E-state index in [1.807, 2.05) is 6.07 Å². The number of rotatable bonds is 6. The van der Waals surface area contributed by atoms with Crippen molar-refractivity contribution in [3.63, 3.8) is 0 Å². The van der Waals surface area contributed by atoms with E-state index in [-0.39, 0.29) is 17.4 Å². The molecule has 0 aliphatic carbocycles. The van der Waals surface area contributed by atoms with E-state index >= 15 is 0 Å². The molecule has 1 fully saturated rings. The van der Waals surface area contributed by atoms with Gasteiger partial charge in [0.15, 0.2) is 11.5 Å². The summed E-state index contributed by atoms with van der Waals surface area (Å²) >= 11 is 0. The van der Waals surface area contributed by atoms with Gasteiger partial charge in [-0.05, 0) is 37.9 Å². The van der Waals surface area contributed by atoms with Crippen molar-refractivity contribution < 1.29 is 15.0 Å². The molecule has 1 amide bonds. The highest BCUT2D eigenvalue weighted by molar-refractivity contribution is 5.75. The van der Waals surface area contributed by atoms with Crippen LogP contribution in [0.25, 0.3) is 0 Å². The van der Waals surface area contributed by atoms with Crippen LogP contribution in [0.1, 0.15) is 18.4 Å². The molecule has 7 nitrogen and oxygen atoms in total. The minimum Gasteiger partial charge on any atom is -0.504 e. The third-order valence-corrected chi connectivity index (χ3v) is 4.67. The number of carbonyl (C=O) groups is 1. The van der Waals surface area contributed by atoms with Crippen LogP contribution < -0.4 is 5.32 Å². The summed E-state index contributed by atoms with van der Waals surface area (Å²) in [6.45, 7) is 3.45. The third kappa shape index (κ3) is 4.73. The second kappa shape index (κ2) is 8.02. The lowest BCUT2D eigenvalue weighted by Crippen LogP contribution is -2.39. The van der Waals surface area contributed by atoms with Crippen molar-refractivity contribution in [2.75, 3.05) is 19.6 Å². The van der Waals surface area contributed by atoms with Gasteiger partial charge in [0.05, 0.1) is 6.33 Å². The highest BCUT2D eigenvalue weighted by Crippen LogP contribution is 2.30. The molecule has 0 atom stereocenters. The summed E-state index contributed by atoms with van der Waals surface area (Å²) in [6, 6.07) is 5.06. The Morgan fingerprint density at radius 2 is 2.08 bits per heavy atom. The van der Waals surface area contributed by atoms with Gasteiger partial charge in [-0.25, -0.2) is 4.98 Å². The molecule has 1 saturated heterocycles. The monoisotopic (exact) mass is 344 g/mol. The zero-order valence-electron chi connectivity index (χ0n) is 14.1. The SMILES string of the molecule is O=C(Cn1ccnc1)NCC1CCN(Cc2cccc(O)c2O)CC1. The lowest BCUT2D eigenvalue weighted by molar-refractivity contribution is -0.121. The number of carbonyl (C=O) groups excluding carboxylic acids is 1. The fourth-order valence-corrected chi connectivity index (χ4v) is 3.16. The van der Waals surface area contributed by atoms with Crippen molar-refractivity contribution in [2.45, 2.75) is 25.9 Å². The topological polar surface area (TPSA) is 90.6 Å². The van der Waals surface area contributed by atoms with Gasteiger partial charge in [-0.15, -0.1) is 0 Å². The van der Waals surface area contributed by atoms with Crippen LogP contribution in [-0.2, 0) is 17.9 Å². The van der Waals surface area contributed by atoms with Gasteiger partial charge in [0, 0.05) is 31.0 Å². The number of piperidine rings is 1. The van der Waals surface area contributed by atoms with Crippen LogP contribution in [0.15, 0.2) is 36.9 Å². The highest BCUT2D eigenvalue weighted by atomic mass is 16.3. The lowest BCUT2D eigenvalue weighted by atomic mass is 9.96. The zero-order valence-corrected chi connectivity index (χ0v) is 14.1. The lowest BCUT2D eigenvalue weighted by Gasteiger charge is -2.32. The molecular formula is C18H24N4O3.